The Bertz CT molecular complexity index is 1340. The third kappa shape index (κ3) is 2.61. The summed E-state index contributed by atoms with van der Waals surface area (Å²) in [6.07, 6.45) is 0. The van der Waals surface area contributed by atoms with Crippen molar-refractivity contribution in [3.63, 3.8) is 0 Å². The Morgan fingerprint density at radius 2 is 1.61 bits per heavy atom. The van der Waals surface area contributed by atoms with E-state index in [9.17, 15) is 10.1 Å². The topological polar surface area (TPSA) is 69.2 Å². The van der Waals surface area contributed by atoms with Gasteiger partial charge < -0.3 is 4.42 Å². The standard InChI is InChI=1S/C23H14N2O3/c26-25(27)22-18-9-5-4-6-15(18)10-12-19(22)17-11-13-20-21(14-17)28-23(24-20)16-7-2-1-3-8-16/h1-14H. The van der Waals surface area contributed by atoms with Gasteiger partial charge in [-0.05, 0) is 47.3 Å². The number of hydrogen-bond donors (Lipinski definition) is 0. The van der Waals surface area contributed by atoms with Gasteiger partial charge in [-0.1, -0.05) is 48.5 Å². The van der Waals surface area contributed by atoms with Crippen molar-refractivity contribution in [1.82, 2.24) is 4.98 Å². The molecule has 5 rings (SSSR count). The van der Waals surface area contributed by atoms with Gasteiger partial charge in [0.25, 0.3) is 5.69 Å². The maximum Gasteiger partial charge on any atom is 0.284 e. The molecule has 0 aliphatic rings. The normalized spacial score (nSPS) is 11.1. The minimum Gasteiger partial charge on any atom is -0.436 e. The third-order valence-electron chi connectivity index (χ3n) is 4.80. The van der Waals surface area contributed by atoms with Crippen LogP contribution in [0.25, 0.3) is 44.5 Å². The molecule has 0 radical (unpaired) electrons. The highest BCUT2D eigenvalue weighted by atomic mass is 16.6. The molecule has 0 spiro atoms. The summed E-state index contributed by atoms with van der Waals surface area (Å²) in [7, 11) is 0. The van der Waals surface area contributed by atoms with Gasteiger partial charge in [0.2, 0.25) is 5.89 Å². The predicted molar refractivity (Wildman–Crippen MR) is 109 cm³/mol. The van der Waals surface area contributed by atoms with Crippen LogP contribution in [0.4, 0.5) is 5.69 Å². The summed E-state index contributed by atoms with van der Waals surface area (Å²) in [6, 6.07) is 26.2. The fourth-order valence-electron chi connectivity index (χ4n) is 3.48. The summed E-state index contributed by atoms with van der Waals surface area (Å²) >= 11 is 0. The van der Waals surface area contributed by atoms with Crippen LogP contribution in [-0.2, 0) is 0 Å². The molecule has 5 aromatic rings. The highest BCUT2D eigenvalue weighted by Crippen LogP contribution is 2.38. The second-order valence-electron chi connectivity index (χ2n) is 6.51. The van der Waals surface area contributed by atoms with E-state index in [0.717, 1.165) is 16.5 Å². The van der Waals surface area contributed by atoms with Crippen molar-refractivity contribution in [2.75, 3.05) is 0 Å². The number of rotatable bonds is 3. The number of nitrogens with zero attached hydrogens (tertiary/aromatic N) is 2. The van der Waals surface area contributed by atoms with Crippen LogP contribution in [0.5, 0.6) is 0 Å². The first-order valence-corrected chi connectivity index (χ1v) is 8.83. The van der Waals surface area contributed by atoms with E-state index in [1.54, 1.807) is 12.1 Å². The lowest BCUT2D eigenvalue weighted by molar-refractivity contribution is -0.382. The number of aromatic nitrogens is 1. The summed E-state index contributed by atoms with van der Waals surface area (Å²) in [5.74, 6) is 0.528. The monoisotopic (exact) mass is 366 g/mol. The van der Waals surface area contributed by atoms with Gasteiger partial charge >= 0.3 is 0 Å². The van der Waals surface area contributed by atoms with Gasteiger partial charge in [0.05, 0.1) is 15.9 Å². The minimum atomic E-state index is -0.322. The molecule has 0 aliphatic carbocycles. The van der Waals surface area contributed by atoms with Crippen LogP contribution in [0, 0.1) is 10.1 Å². The molecule has 0 saturated carbocycles. The first-order valence-electron chi connectivity index (χ1n) is 8.83. The molecule has 4 aromatic carbocycles. The van der Waals surface area contributed by atoms with Crippen molar-refractivity contribution in [2.24, 2.45) is 0 Å². The zero-order chi connectivity index (χ0) is 19.1. The lowest BCUT2D eigenvalue weighted by atomic mass is 9.98. The van der Waals surface area contributed by atoms with Crippen LogP contribution in [0.1, 0.15) is 0 Å². The van der Waals surface area contributed by atoms with Gasteiger partial charge in [0.1, 0.15) is 5.52 Å². The zero-order valence-electron chi connectivity index (χ0n) is 14.7. The summed E-state index contributed by atoms with van der Waals surface area (Å²) in [5.41, 5.74) is 3.58. The molecule has 1 heterocycles. The second-order valence-corrected chi connectivity index (χ2v) is 6.51. The second kappa shape index (κ2) is 6.32. The Morgan fingerprint density at radius 3 is 2.43 bits per heavy atom. The Balaban J connectivity index is 1.69. The van der Waals surface area contributed by atoms with Crippen molar-refractivity contribution in [3.05, 3.63) is 95.0 Å². The molecule has 0 unspecified atom stereocenters. The van der Waals surface area contributed by atoms with Crippen molar-refractivity contribution < 1.29 is 9.34 Å². The zero-order valence-corrected chi connectivity index (χ0v) is 14.7. The van der Waals surface area contributed by atoms with E-state index in [2.05, 4.69) is 4.98 Å². The molecule has 5 nitrogen and oxygen atoms in total. The van der Waals surface area contributed by atoms with E-state index in [0.29, 0.717) is 27.9 Å². The first-order chi connectivity index (χ1) is 13.7. The van der Waals surface area contributed by atoms with Crippen LogP contribution in [0.2, 0.25) is 0 Å². The van der Waals surface area contributed by atoms with E-state index in [4.69, 9.17) is 4.42 Å². The minimum absolute atomic E-state index is 0.0975. The van der Waals surface area contributed by atoms with E-state index >= 15 is 0 Å². The van der Waals surface area contributed by atoms with Crippen molar-refractivity contribution >= 4 is 27.6 Å². The molecular weight excluding hydrogens is 352 g/mol. The Morgan fingerprint density at radius 1 is 0.821 bits per heavy atom. The van der Waals surface area contributed by atoms with Gasteiger partial charge in [-0.25, -0.2) is 4.98 Å². The van der Waals surface area contributed by atoms with Gasteiger partial charge in [-0.2, -0.15) is 0 Å². The fraction of sp³-hybridized carbons (Fsp3) is 0. The summed E-state index contributed by atoms with van der Waals surface area (Å²) in [5, 5.41) is 13.3. The van der Waals surface area contributed by atoms with Crippen molar-refractivity contribution in [3.8, 4) is 22.6 Å². The van der Waals surface area contributed by atoms with E-state index in [1.807, 2.05) is 72.8 Å². The van der Waals surface area contributed by atoms with Crippen LogP contribution in [0.15, 0.2) is 89.3 Å². The number of fused-ring (bicyclic) bond motifs is 2. The number of nitro benzene ring substituents is 1. The van der Waals surface area contributed by atoms with E-state index < -0.39 is 0 Å². The molecule has 0 N–H and O–H groups in total. The molecule has 0 saturated heterocycles. The molecule has 0 bridgehead atoms. The number of nitro groups is 1. The molecule has 5 heteroatoms. The van der Waals surface area contributed by atoms with Crippen molar-refractivity contribution in [2.45, 2.75) is 0 Å². The highest BCUT2D eigenvalue weighted by Gasteiger charge is 2.20. The highest BCUT2D eigenvalue weighted by molar-refractivity contribution is 5.99. The summed E-state index contributed by atoms with van der Waals surface area (Å²) in [6.45, 7) is 0. The van der Waals surface area contributed by atoms with Crippen LogP contribution in [-0.4, -0.2) is 9.91 Å². The lowest BCUT2D eigenvalue weighted by Gasteiger charge is -2.06. The smallest absolute Gasteiger partial charge is 0.284 e. The average molecular weight is 366 g/mol. The molecule has 134 valence electrons. The summed E-state index contributed by atoms with van der Waals surface area (Å²) in [4.78, 5) is 16.0. The third-order valence-corrected chi connectivity index (χ3v) is 4.80. The molecule has 0 atom stereocenters. The Hall–Kier alpha value is -3.99. The SMILES string of the molecule is O=[N+]([O-])c1c(-c2ccc3nc(-c4ccccc4)oc3c2)ccc2ccccc12. The van der Waals surface area contributed by atoms with Gasteiger partial charge in [0, 0.05) is 5.56 Å². The lowest BCUT2D eigenvalue weighted by Crippen LogP contribution is -1.93. The van der Waals surface area contributed by atoms with Crippen LogP contribution >= 0.6 is 0 Å². The average Bonchev–Trinajstić information content (AvgIpc) is 3.17. The molecule has 28 heavy (non-hydrogen) atoms. The number of oxazole rings is 1. The largest absolute Gasteiger partial charge is 0.436 e. The molecule has 0 fully saturated rings. The maximum atomic E-state index is 11.8. The van der Waals surface area contributed by atoms with Gasteiger partial charge in [0.15, 0.2) is 5.58 Å². The molecule has 0 aliphatic heterocycles. The summed E-state index contributed by atoms with van der Waals surface area (Å²) < 4.78 is 5.92. The van der Waals surface area contributed by atoms with Crippen molar-refractivity contribution in [1.29, 1.82) is 0 Å². The molecule has 1 aromatic heterocycles. The van der Waals surface area contributed by atoms with E-state index in [1.165, 1.54) is 0 Å². The van der Waals surface area contributed by atoms with E-state index in [-0.39, 0.29) is 10.6 Å². The maximum absolute atomic E-state index is 11.8. The Kier molecular flexibility index (Phi) is 3.66. The predicted octanol–water partition coefficient (Wildman–Crippen LogP) is 6.22. The van der Waals surface area contributed by atoms with Gasteiger partial charge in [-0.3, -0.25) is 10.1 Å². The molecular formula is C23H14N2O3. The quantitative estimate of drug-likeness (QED) is 0.281. The molecule has 0 amide bonds. The number of hydrogen-bond acceptors (Lipinski definition) is 4. The van der Waals surface area contributed by atoms with Crippen LogP contribution in [0.3, 0.4) is 0 Å². The van der Waals surface area contributed by atoms with Gasteiger partial charge in [-0.15, -0.1) is 0 Å². The Labute approximate surface area is 160 Å². The fourth-order valence-corrected chi connectivity index (χ4v) is 3.48. The first kappa shape index (κ1) is 16.2. The van der Waals surface area contributed by atoms with Crippen LogP contribution < -0.4 is 0 Å². The number of benzene rings is 4.